The summed E-state index contributed by atoms with van der Waals surface area (Å²) >= 11 is 0. The third-order valence-electron chi connectivity index (χ3n) is 4.89. The molecule has 140 valence electrons. The van der Waals surface area contributed by atoms with E-state index >= 15 is 0 Å². The van der Waals surface area contributed by atoms with Crippen LogP contribution < -0.4 is 4.90 Å². The normalized spacial score (nSPS) is 16.5. The number of hydrogen-bond donors (Lipinski definition) is 0. The van der Waals surface area contributed by atoms with Gasteiger partial charge in [-0.05, 0) is 46.2 Å². The topological polar surface area (TPSA) is 66.4 Å². The van der Waals surface area contributed by atoms with Crippen molar-refractivity contribution in [3.05, 3.63) is 46.9 Å². The number of aryl methyl sites for hydroxylation is 3. The highest BCUT2D eigenvalue weighted by Gasteiger charge is 2.27. The van der Waals surface area contributed by atoms with Gasteiger partial charge in [-0.15, -0.1) is 0 Å². The van der Waals surface area contributed by atoms with Gasteiger partial charge in [0, 0.05) is 37.4 Å². The number of benzene rings is 1. The molecule has 0 unspecified atom stereocenters. The van der Waals surface area contributed by atoms with Gasteiger partial charge in [0.25, 0.3) is 0 Å². The third kappa shape index (κ3) is 3.73. The molecule has 1 aromatic heterocycles. The predicted octanol–water partition coefficient (Wildman–Crippen LogP) is 2.61. The van der Waals surface area contributed by atoms with Gasteiger partial charge in [-0.3, -0.25) is 0 Å². The second-order valence-electron chi connectivity index (χ2n) is 6.86. The van der Waals surface area contributed by atoms with Crippen molar-refractivity contribution in [2.24, 2.45) is 0 Å². The van der Waals surface area contributed by atoms with Gasteiger partial charge in [0.1, 0.15) is 11.6 Å². The average molecular weight is 375 g/mol. The van der Waals surface area contributed by atoms with Crippen LogP contribution in [0.1, 0.15) is 29.1 Å². The van der Waals surface area contributed by atoms with Crippen LogP contribution in [0.4, 0.5) is 5.82 Å². The van der Waals surface area contributed by atoms with E-state index in [9.17, 15) is 8.42 Å². The van der Waals surface area contributed by atoms with Crippen molar-refractivity contribution in [1.82, 2.24) is 14.3 Å². The Morgan fingerprint density at radius 3 is 2.27 bits per heavy atom. The van der Waals surface area contributed by atoms with E-state index in [4.69, 9.17) is 0 Å². The molecule has 0 atom stereocenters. The first kappa shape index (κ1) is 18.8. The smallest absolute Gasteiger partial charge is 0.243 e. The van der Waals surface area contributed by atoms with Crippen molar-refractivity contribution >= 4 is 15.8 Å². The van der Waals surface area contributed by atoms with Crippen LogP contribution in [0, 0.1) is 27.7 Å². The van der Waals surface area contributed by atoms with Crippen molar-refractivity contribution in [2.75, 3.05) is 31.1 Å². The van der Waals surface area contributed by atoms with Crippen LogP contribution in [-0.2, 0) is 10.0 Å². The second-order valence-corrected chi connectivity index (χ2v) is 8.80. The molecule has 2 aromatic rings. The number of hydrogen-bond acceptors (Lipinski definition) is 5. The van der Waals surface area contributed by atoms with Gasteiger partial charge in [-0.25, -0.2) is 18.4 Å². The molecular weight excluding hydrogens is 348 g/mol. The molecule has 1 fully saturated rings. The van der Waals surface area contributed by atoms with Crippen LogP contribution in [0.3, 0.4) is 0 Å². The Morgan fingerprint density at radius 2 is 1.58 bits per heavy atom. The van der Waals surface area contributed by atoms with E-state index in [1.165, 1.54) is 0 Å². The Bertz CT molecular complexity index is 895. The first-order chi connectivity index (χ1) is 12.3. The summed E-state index contributed by atoms with van der Waals surface area (Å²) in [5.41, 5.74) is 3.09. The standard InChI is InChI=1S/C19H26N4O2S/c1-14-6-8-18(9-7-14)26(24,25)23-11-5-10-22(12-13-23)19-15(2)16(3)20-17(4)21-19/h6-9H,5,10-13H2,1-4H3. The summed E-state index contributed by atoms with van der Waals surface area (Å²) in [6.07, 6.45) is 0.770. The van der Waals surface area contributed by atoms with Crippen molar-refractivity contribution in [3.63, 3.8) is 0 Å². The minimum Gasteiger partial charge on any atom is -0.355 e. The van der Waals surface area contributed by atoms with Crippen molar-refractivity contribution in [1.29, 1.82) is 0 Å². The van der Waals surface area contributed by atoms with E-state index in [-0.39, 0.29) is 0 Å². The molecule has 0 bridgehead atoms. The number of aromatic nitrogens is 2. The molecule has 0 spiro atoms. The molecular formula is C19H26N4O2S. The molecule has 26 heavy (non-hydrogen) atoms. The van der Waals surface area contributed by atoms with Gasteiger partial charge in [0.2, 0.25) is 10.0 Å². The van der Waals surface area contributed by atoms with Gasteiger partial charge in [-0.2, -0.15) is 4.31 Å². The Hall–Kier alpha value is -1.99. The maximum Gasteiger partial charge on any atom is 0.243 e. The van der Waals surface area contributed by atoms with Crippen molar-refractivity contribution < 1.29 is 8.42 Å². The summed E-state index contributed by atoms with van der Waals surface area (Å²) in [5.74, 6) is 1.67. The maximum atomic E-state index is 13.0. The van der Waals surface area contributed by atoms with E-state index in [0.717, 1.165) is 41.4 Å². The highest BCUT2D eigenvalue weighted by atomic mass is 32.2. The van der Waals surface area contributed by atoms with Crippen molar-refractivity contribution in [2.45, 2.75) is 39.0 Å². The van der Waals surface area contributed by atoms with E-state index in [0.29, 0.717) is 24.5 Å². The molecule has 2 heterocycles. The summed E-state index contributed by atoms with van der Waals surface area (Å²) in [6.45, 7) is 10.2. The molecule has 0 amide bonds. The lowest BCUT2D eigenvalue weighted by Crippen LogP contribution is -2.35. The van der Waals surface area contributed by atoms with Gasteiger partial charge in [0.15, 0.2) is 0 Å². The monoisotopic (exact) mass is 374 g/mol. The molecule has 0 aliphatic carbocycles. The lowest BCUT2D eigenvalue weighted by Gasteiger charge is -2.24. The summed E-state index contributed by atoms with van der Waals surface area (Å²) in [7, 11) is -3.46. The molecule has 6 nitrogen and oxygen atoms in total. The van der Waals surface area contributed by atoms with E-state index in [1.54, 1.807) is 16.4 Å². The van der Waals surface area contributed by atoms with Gasteiger partial charge in [0.05, 0.1) is 4.90 Å². The number of rotatable bonds is 3. The molecule has 0 saturated carbocycles. The zero-order valence-corrected chi connectivity index (χ0v) is 16.7. The Labute approximate surface area is 155 Å². The second kappa shape index (κ2) is 7.32. The quantitative estimate of drug-likeness (QED) is 0.826. The fraction of sp³-hybridized carbons (Fsp3) is 0.474. The van der Waals surface area contributed by atoms with Crippen LogP contribution in [0.2, 0.25) is 0 Å². The Kier molecular flexibility index (Phi) is 5.29. The zero-order valence-electron chi connectivity index (χ0n) is 15.9. The molecule has 0 radical (unpaired) electrons. The van der Waals surface area contributed by atoms with Crippen LogP contribution in [-0.4, -0.2) is 48.9 Å². The first-order valence-electron chi connectivity index (χ1n) is 8.92. The van der Waals surface area contributed by atoms with E-state index in [2.05, 4.69) is 14.9 Å². The number of sulfonamides is 1. The predicted molar refractivity (Wildman–Crippen MR) is 103 cm³/mol. The SMILES string of the molecule is Cc1ccc(S(=O)(=O)N2CCCN(c3nc(C)nc(C)c3C)CC2)cc1. The van der Waals surface area contributed by atoms with Crippen LogP contribution in [0.25, 0.3) is 0 Å². The van der Waals surface area contributed by atoms with Gasteiger partial charge < -0.3 is 4.90 Å². The largest absolute Gasteiger partial charge is 0.355 e. The number of anilines is 1. The third-order valence-corrected chi connectivity index (χ3v) is 6.80. The van der Waals surface area contributed by atoms with Crippen LogP contribution in [0.15, 0.2) is 29.2 Å². The van der Waals surface area contributed by atoms with Gasteiger partial charge in [-0.1, -0.05) is 17.7 Å². The molecule has 1 aliphatic heterocycles. The number of nitrogens with zero attached hydrogens (tertiary/aromatic N) is 4. The molecule has 1 saturated heterocycles. The molecule has 1 aliphatic rings. The maximum absolute atomic E-state index is 13.0. The molecule has 3 rings (SSSR count). The van der Waals surface area contributed by atoms with Crippen LogP contribution in [0.5, 0.6) is 0 Å². The summed E-state index contributed by atoms with van der Waals surface area (Å²) in [6, 6.07) is 7.06. The molecule has 0 N–H and O–H groups in total. The lowest BCUT2D eigenvalue weighted by atomic mass is 10.2. The minimum absolute atomic E-state index is 0.362. The molecule has 1 aromatic carbocycles. The lowest BCUT2D eigenvalue weighted by molar-refractivity contribution is 0.433. The summed E-state index contributed by atoms with van der Waals surface area (Å²) < 4.78 is 27.5. The van der Waals surface area contributed by atoms with Gasteiger partial charge >= 0.3 is 0 Å². The van der Waals surface area contributed by atoms with E-state index < -0.39 is 10.0 Å². The fourth-order valence-electron chi connectivity index (χ4n) is 3.26. The van der Waals surface area contributed by atoms with Crippen molar-refractivity contribution in [3.8, 4) is 0 Å². The summed E-state index contributed by atoms with van der Waals surface area (Å²) in [5, 5.41) is 0. The van der Waals surface area contributed by atoms with Crippen LogP contribution >= 0.6 is 0 Å². The Morgan fingerprint density at radius 1 is 0.885 bits per heavy atom. The highest BCUT2D eigenvalue weighted by Crippen LogP contribution is 2.23. The molecule has 7 heteroatoms. The zero-order chi connectivity index (χ0) is 18.9. The fourth-order valence-corrected chi connectivity index (χ4v) is 4.73. The highest BCUT2D eigenvalue weighted by molar-refractivity contribution is 7.89. The summed E-state index contributed by atoms with van der Waals surface area (Å²) in [4.78, 5) is 11.6. The van der Waals surface area contributed by atoms with E-state index in [1.807, 2.05) is 39.8 Å². The average Bonchev–Trinajstić information content (AvgIpc) is 2.85. The first-order valence-corrected chi connectivity index (χ1v) is 10.4. The Balaban J connectivity index is 1.81. The minimum atomic E-state index is -3.46.